The zero-order chi connectivity index (χ0) is 22.8. The highest BCUT2D eigenvalue weighted by atomic mass is 35.5. The molecular weight excluding hydrogens is 411 g/mol. The number of amides is 1. The van der Waals surface area contributed by atoms with Gasteiger partial charge in [-0.15, -0.1) is 0 Å². The second kappa shape index (κ2) is 12.3. The molecule has 0 aromatic heterocycles. The second-order valence-corrected chi connectivity index (χ2v) is 7.30. The van der Waals surface area contributed by atoms with Crippen LogP contribution >= 0.6 is 11.6 Å². The minimum absolute atomic E-state index is 0.00710. The maximum Gasteiger partial charge on any atom is 0.328 e. The lowest BCUT2D eigenvalue weighted by Crippen LogP contribution is -2.39. The van der Waals surface area contributed by atoms with Gasteiger partial charge < -0.3 is 21.1 Å². The van der Waals surface area contributed by atoms with Crippen molar-refractivity contribution in [3.8, 4) is 5.75 Å². The number of nitrogens with zero attached hydrogens (tertiary/aromatic N) is 1. The van der Waals surface area contributed by atoms with Crippen molar-refractivity contribution in [1.82, 2.24) is 4.90 Å². The molecule has 2 rings (SSSR count). The summed E-state index contributed by atoms with van der Waals surface area (Å²) in [6, 6.07) is 3.14. The molecule has 5 N–H and O–H groups in total. The third-order valence-corrected chi connectivity index (χ3v) is 4.60. The number of benzene rings is 1. The summed E-state index contributed by atoms with van der Waals surface area (Å²) in [7, 11) is 0. The number of hydrogen-bond donors (Lipinski definition) is 3. The lowest BCUT2D eigenvalue weighted by molar-refractivity contribution is -0.135. The van der Waals surface area contributed by atoms with Gasteiger partial charge in [0.2, 0.25) is 0 Å². The third kappa shape index (κ3) is 7.76. The van der Waals surface area contributed by atoms with Gasteiger partial charge in [-0.3, -0.25) is 10.2 Å². The first-order chi connectivity index (χ1) is 14.2. The van der Waals surface area contributed by atoms with Crippen LogP contribution in [0, 0.1) is 17.1 Å². The normalized spacial score (nSPS) is 14.7. The molecule has 1 aliphatic carbocycles. The number of hydrogen-bond acceptors (Lipinski definition) is 6. The van der Waals surface area contributed by atoms with Crippen molar-refractivity contribution in [1.29, 1.82) is 5.41 Å². The van der Waals surface area contributed by atoms with Crippen molar-refractivity contribution >= 4 is 28.6 Å². The SMILES string of the molecule is CC.CC(N)C(=O)Oc1ccc(CN(CC2CCC2)C(=O)/C(N)=C/C(=N)Cl)c(F)c1. The number of nitrogens with two attached hydrogens (primary N) is 2. The Balaban J connectivity index is 0.00000218. The van der Waals surface area contributed by atoms with Crippen LogP contribution < -0.4 is 16.2 Å². The topological polar surface area (TPSA) is 122 Å². The molecule has 0 spiro atoms. The Morgan fingerprint density at radius 1 is 1.40 bits per heavy atom. The van der Waals surface area contributed by atoms with Crippen molar-refractivity contribution in [2.45, 2.75) is 52.6 Å². The van der Waals surface area contributed by atoms with E-state index in [9.17, 15) is 14.0 Å². The Kier molecular flexibility index (Phi) is 10.5. The van der Waals surface area contributed by atoms with Crippen molar-refractivity contribution in [2.24, 2.45) is 17.4 Å². The van der Waals surface area contributed by atoms with Gasteiger partial charge in [0.05, 0.1) is 0 Å². The maximum absolute atomic E-state index is 14.5. The molecule has 166 valence electrons. The average molecular weight is 441 g/mol. The first kappa shape index (κ1) is 25.6. The van der Waals surface area contributed by atoms with Gasteiger partial charge in [-0.25, -0.2) is 9.18 Å². The van der Waals surface area contributed by atoms with E-state index in [0.29, 0.717) is 12.5 Å². The highest BCUT2D eigenvalue weighted by molar-refractivity contribution is 6.67. The van der Waals surface area contributed by atoms with E-state index in [-0.39, 0.29) is 28.7 Å². The smallest absolute Gasteiger partial charge is 0.328 e. The minimum Gasteiger partial charge on any atom is -0.425 e. The molecule has 9 heteroatoms. The first-order valence-electron chi connectivity index (χ1n) is 9.93. The number of nitrogens with one attached hydrogen (secondary N) is 1. The van der Waals surface area contributed by atoms with Gasteiger partial charge in [-0.05, 0) is 31.7 Å². The number of allylic oxidation sites excluding steroid dienone is 1. The van der Waals surface area contributed by atoms with Crippen LogP contribution in [-0.2, 0) is 16.1 Å². The summed E-state index contributed by atoms with van der Waals surface area (Å²) in [5.74, 6) is -1.43. The zero-order valence-corrected chi connectivity index (χ0v) is 18.3. The lowest BCUT2D eigenvalue weighted by atomic mass is 9.85. The average Bonchev–Trinajstić information content (AvgIpc) is 2.65. The number of halogens is 2. The first-order valence-corrected chi connectivity index (χ1v) is 10.3. The molecule has 1 amide bonds. The molecule has 1 aliphatic rings. The van der Waals surface area contributed by atoms with E-state index < -0.39 is 23.7 Å². The number of carbonyl (C=O) groups is 2. The maximum atomic E-state index is 14.5. The van der Waals surface area contributed by atoms with Gasteiger partial charge in [-0.2, -0.15) is 0 Å². The molecule has 0 saturated heterocycles. The van der Waals surface area contributed by atoms with Gasteiger partial charge in [0.25, 0.3) is 5.91 Å². The van der Waals surface area contributed by atoms with E-state index >= 15 is 0 Å². The summed E-state index contributed by atoms with van der Waals surface area (Å²) >= 11 is 5.48. The quantitative estimate of drug-likeness (QED) is 0.248. The number of esters is 1. The van der Waals surface area contributed by atoms with Crippen LogP contribution in [0.2, 0.25) is 0 Å². The molecule has 7 nitrogen and oxygen atoms in total. The summed E-state index contributed by atoms with van der Waals surface area (Å²) < 4.78 is 19.5. The van der Waals surface area contributed by atoms with Gasteiger partial charge in [0.1, 0.15) is 28.5 Å². The summed E-state index contributed by atoms with van der Waals surface area (Å²) in [4.78, 5) is 25.6. The fourth-order valence-electron chi connectivity index (χ4n) is 2.72. The Morgan fingerprint density at radius 3 is 2.50 bits per heavy atom. The van der Waals surface area contributed by atoms with E-state index in [1.807, 2.05) is 13.8 Å². The van der Waals surface area contributed by atoms with Crippen molar-refractivity contribution in [2.75, 3.05) is 6.54 Å². The van der Waals surface area contributed by atoms with Crippen LogP contribution in [0.5, 0.6) is 5.75 Å². The highest BCUT2D eigenvalue weighted by Gasteiger charge is 2.26. The monoisotopic (exact) mass is 440 g/mol. The fraction of sp³-hybridized carbons (Fsp3) is 0.476. The van der Waals surface area contributed by atoms with Gasteiger partial charge in [0, 0.05) is 30.8 Å². The van der Waals surface area contributed by atoms with Gasteiger partial charge >= 0.3 is 5.97 Å². The van der Waals surface area contributed by atoms with Crippen LogP contribution in [0.4, 0.5) is 4.39 Å². The molecule has 1 fully saturated rings. The van der Waals surface area contributed by atoms with E-state index in [2.05, 4.69) is 0 Å². The second-order valence-electron chi connectivity index (χ2n) is 6.89. The number of ether oxygens (including phenoxy) is 1. The van der Waals surface area contributed by atoms with Crippen LogP contribution in [0.25, 0.3) is 0 Å². The van der Waals surface area contributed by atoms with Gasteiger partial charge in [0.15, 0.2) is 0 Å². The van der Waals surface area contributed by atoms with Crippen LogP contribution in [-0.4, -0.2) is 34.5 Å². The molecule has 1 saturated carbocycles. The predicted octanol–water partition coefficient (Wildman–Crippen LogP) is 3.29. The Bertz CT molecular complexity index is 794. The highest BCUT2D eigenvalue weighted by Crippen LogP contribution is 2.28. The standard InChI is InChI=1S/C19H24ClFN4O3.C2H6/c1-11(22)19(27)28-14-6-5-13(15(21)7-14)10-25(9-12-3-2-4-12)18(26)16(23)8-17(20)24;1-2/h5-8,11-12,24H,2-4,9-10,22-23H2,1H3;1-2H3/b16-8-,24-17?;. The summed E-state index contributed by atoms with van der Waals surface area (Å²) in [5, 5.41) is 6.88. The minimum atomic E-state index is -0.825. The molecule has 1 aromatic carbocycles. The summed E-state index contributed by atoms with van der Waals surface area (Å²) in [6.45, 7) is 5.90. The van der Waals surface area contributed by atoms with Crippen LogP contribution in [0.3, 0.4) is 0 Å². The van der Waals surface area contributed by atoms with Crippen molar-refractivity contribution in [3.63, 3.8) is 0 Å². The molecule has 1 aromatic rings. The molecule has 0 bridgehead atoms. The van der Waals surface area contributed by atoms with Crippen molar-refractivity contribution in [3.05, 3.63) is 41.4 Å². The van der Waals surface area contributed by atoms with E-state index in [4.69, 9.17) is 33.2 Å². The Hall–Kier alpha value is -2.45. The van der Waals surface area contributed by atoms with Gasteiger partial charge in [-0.1, -0.05) is 37.9 Å². The third-order valence-electron chi connectivity index (χ3n) is 4.50. The number of rotatable bonds is 8. The molecule has 0 aliphatic heterocycles. The molecule has 30 heavy (non-hydrogen) atoms. The van der Waals surface area contributed by atoms with E-state index in [1.54, 1.807) is 0 Å². The van der Waals surface area contributed by atoms with E-state index in [1.165, 1.54) is 24.0 Å². The van der Waals surface area contributed by atoms with Crippen LogP contribution in [0.1, 0.15) is 45.6 Å². The lowest BCUT2D eigenvalue weighted by Gasteiger charge is -2.32. The van der Waals surface area contributed by atoms with Crippen molar-refractivity contribution < 1.29 is 18.7 Å². The fourth-order valence-corrected chi connectivity index (χ4v) is 2.84. The number of carbonyl (C=O) groups excluding carboxylic acids is 2. The Morgan fingerprint density at radius 2 is 2.03 bits per heavy atom. The van der Waals surface area contributed by atoms with Crippen LogP contribution in [0.15, 0.2) is 30.0 Å². The molecule has 0 radical (unpaired) electrons. The molecular formula is C21H30ClFN4O3. The molecule has 0 heterocycles. The predicted molar refractivity (Wildman–Crippen MR) is 116 cm³/mol. The molecule has 1 atom stereocenters. The van der Waals surface area contributed by atoms with E-state index in [0.717, 1.165) is 31.4 Å². The summed E-state index contributed by atoms with van der Waals surface area (Å²) in [6.07, 6.45) is 4.14. The molecule has 1 unspecified atom stereocenters. The largest absolute Gasteiger partial charge is 0.425 e. The summed E-state index contributed by atoms with van der Waals surface area (Å²) in [5.41, 5.74) is 11.2. The Labute approximate surface area is 181 Å². The zero-order valence-electron chi connectivity index (χ0n) is 17.6.